The molecular weight excluding hydrogens is 461 g/mol. The maximum atomic E-state index is 13.5. The number of methoxy groups -OCH3 is 2. The van der Waals surface area contributed by atoms with Crippen molar-refractivity contribution < 1.29 is 23.5 Å². The van der Waals surface area contributed by atoms with E-state index in [2.05, 4.69) is 4.90 Å². The lowest BCUT2D eigenvalue weighted by molar-refractivity contribution is -0.135. The Labute approximate surface area is 211 Å². The number of amides is 2. The predicted octanol–water partition coefficient (Wildman–Crippen LogP) is 3.43. The van der Waals surface area contributed by atoms with Crippen molar-refractivity contribution in [1.29, 1.82) is 0 Å². The molecule has 0 bridgehead atoms. The standard InChI is InChI=1S/C28H34FN3O4/c1-35-22-6-7-23(25(17-22)36-2)26(33)31-10-8-28(9-11-31)18-24(28)27(34)32-14-12-30(13-15-32)19-20-4-3-5-21(29)16-20/h3-7,16-17,24H,8-15,18-19H2,1-2H3. The first kappa shape index (κ1) is 24.6. The van der Waals surface area contributed by atoms with Crippen molar-refractivity contribution in [3.8, 4) is 11.5 Å². The molecule has 1 unspecified atom stereocenters. The molecule has 2 aromatic carbocycles. The van der Waals surface area contributed by atoms with Crippen molar-refractivity contribution in [2.24, 2.45) is 11.3 Å². The summed E-state index contributed by atoms with van der Waals surface area (Å²) < 4.78 is 24.1. The Balaban J connectivity index is 1.11. The fourth-order valence-electron chi connectivity index (χ4n) is 5.79. The summed E-state index contributed by atoms with van der Waals surface area (Å²) in [6.07, 6.45) is 2.63. The van der Waals surface area contributed by atoms with E-state index < -0.39 is 0 Å². The number of rotatable bonds is 6. The Kier molecular flexibility index (Phi) is 6.88. The van der Waals surface area contributed by atoms with Crippen LogP contribution in [0.4, 0.5) is 4.39 Å². The molecule has 0 N–H and O–H groups in total. The maximum Gasteiger partial charge on any atom is 0.257 e. The number of likely N-dealkylation sites (tertiary alicyclic amines) is 1. The maximum absolute atomic E-state index is 13.5. The molecule has 2 aliphatic heterocycles. The van der Waals surface area contributed by atoms with Gasteiger partial charge in [0.1, 0.15) is 17.3 Å². The first-order valence-corrected chi connectivity index (χ1v) is 12.7. The number of benzene rings is 2. The zero-order valence-electron chi connectivity index (χ0n) is 21.0. The average Bonchev–Trinajstić information content (AvgIpc) is 3.61. The van der Waals surface area contributed by atoms with Crippen LogP contribution in [0.15, 0.2) is 42.5 Å². The first-order valence-electron chi connectivity index (χ1n) is 12.7. The van der Waals surface area contributed by atoms with Crippen LogP contribution in [0.1, 0.15) is 35.2 Å². The van der Waals surface area contributed by atoms with E-state index in [1.807, 2.05) is 15.9 Å². The Morgan fingerprint density at radius 3 is 2.36 bits per heavy atom. The summed E-state index contributed by atoms with van der Waals surface area (Å²) in [6, 6.07) is 12.0. The van der Waals surface area contributed by atoms with Gasteiger partial charge in [-0.05, 0) is 54.5 Å². The van der Waals surface area contributed by atoms with E-state index >= 15 is 0 Å². The highest BCUT2D eigenvalue weighted by molar-refractivity contribution is 5.97. The highest BCUT2D eigenvalue weighted by Gasteiger charge is 2.59. The van der Waals surface area contributed by atoms with Crippen molar-refractivity contribution in [2.45, 2.75) is 25.8 Å². The average molecular weight is 496 g/mol. The van der Waals surface area contributed by atoms with Crippen LogP contribution in [0, 0.1) is 17.2 Å². The molecule has 1 saturated carbocycles. The van der Waals surface area contributed by atoms with Gasteiger partial charge in [-0.2, -0.15) is 0 Å². The molecule has 1 atom stereocenters. The van der Waals surface area contributed by atoms with Crippen LogP contribution < -0.4 is 9.47 Å². The fraction of sp³-hybridized carbons (Fsp3) is 0.500. The summed E-state index contributed by atoms with van der Waals surface area (Å²) in [5, 5.41) is 0. The van der Waals surface area contributed by atoms with Crippen LogP contribution in [-0.4, -0.2) is 80.0 Å². The summed E-state index contributed by atoms with van der Waals surface area (Å²) in [4.78, 5) is 32.6. The topological polar surface area (TPSA) is 62.3 Å². The van der Waals surface area contributed by atoms with Crippen LogP contribution >= 0.6 is 0 Å². The molecule has 3 aliphatic rings. The number of piperazine rings is 1. The number of hydrogen-bond donors (Lipinski definition) is 0. The van der Waals surface area contributed by atoms with Gasteiger partial charge in [0.05, 0.1) is 19.8 Å². The van der Waals surface area contributed by atoms with E-state index in [1.165, 1.54) is 6.07 Å². The van der Waals surface area contributed by atoms with Gasteiger partial charge in [0.15, 0.2) is 0 Å². The minimum atomic E-state index is -0.212. The van der Waals surface area contributed by atoms with E-state index in [0.717, 1.165) is 37.9 Å². The Morgan fingerprint density at radius 2 is 1.69 bits per heavy atom. The van der Waals surface area contributed by atoms with E-state index in [0.29, 0.717) is 49.8 Å². The Morgan fingerprint density at radius 1 is 0.944 bits per heavy atom. The van der Waals surface area contributed by atoms with E-state index in [-0.39, 0.29) is 29.0 Å². The molecule has 2 heterocycles. The molecule has 7 nitrogen and oxygen atoms in total. The van der Waals surface area contributed by atoms with Gasteiger partial charge in [-0.25, -0.2) is 4.39 Å². The molecule has 36 heavy (non-hydrogen) atoms. The van der Waals surface area contributed by atoms with Gasteiger partial charge in [0, 0.05) is 57.8 Å². The number of carbonyl (C=O) groups excluding carboxylic acids is 2. The minimum absolute atomic E-state index is 0.0383. The van der Waals surface area contributed by atoms with Gasteiger partial charge in [-0.15, -0.1) is 0 Å². The second kappa shape index (κ2) is 10.1. The third-order valence-corrected chi connectivity index (χ3v) is 8.15. The lowest BCUT2D eigenvalue weighted by Gasteiger charge is -2.36. The van der Waals surface area contributed by atoms with Crippen LogP contribution in [0.25, 0.3) is 0 Å². The van der Waals surface area contributed by atoms with E-state index in [9.17, 15) is 14.0 Å². The molecule has 2 saturated heterocycles. The lowest BCUT2D eigenvalue weighted by atomic mass is 9.90. The van der Waals surface area contributed by atoms with E-state index in [4.69, 9.17) is 9.47 Å². The quantitative estimate of drug-likeness (QED) is 0.615. The number of carbonyl (C=O) groups is 2. The monoisotopic (exact) mass is 495 g/mol. The van der Waals surface area contributed by atoms with Crippen LogP contribution in [0.3, 0.4) is 0 Å². The van der Waals surface area contributed by atoms with Crippen molar-refractivity contribution in [3.63, 3.8) is 0 Å². The molecule has 2 aromatic rings. The van der Waals surface area contributed by atoms with Crippen LogP contribution in [-0.2, 0) is 11.3 Å². The fourth-order valence-corrected chi connectivity index (χ4v) is 5.79. The van der Waals surface area contributed by atoms with Gasteiger partial charge in [-0.3, -0.25) is 14.5 Å². The molecule has 0 aromatic heterocycles. The first-order chi connectivity index (χ1) is 17.4. The number of halogens is 1. The molecule has 0 radical (unpaired) electrons. The lowest BCUT2D eigenvalue weighted by Crippen LogP contribution is -2.49. The number of nitrogens with zero attached hydrogens (tertiary/aromatic N) is 3. The van der Waals surface area contributed by atoms with Gasteiger partial charge < -0.3 is 19.3 Å². The molecule has 3 fully saturated rings. The normalized spacial score (nSPS) is 21.4. The number of ether oxygens (including phenoxy) is 2. The Hall–Kier alpha value is -3.13. The summed E-state index contributed by atoms with van der Waals surface area (Å²) in [6.45, 7) is 5.03. The predicted molar refractivity (Wildman–Crippen MR) is 133 cm³/mol. The largest absolute Gasteiger partial charge is 0.497 e. The Bertz CT molecular complexity index is 1120. The third kappa shape index (κ3) is 4.91. The molecule has 192 valence electrons. The number of hydrogen-bond acceptors (Lipinski definition) is 5. The van der Waals surface area contributed by atoms with Crippen molar-refractivity contribution in [2.75, 3.05) is 53.5 Å². The van der Waals surface area contributed by atoms with Gasteiger partial charge in [0.2, 0.25) is 5.91 Å². The second-order valence-corrected chi connectivity index (χ2v) is 10.2. The molecule has 5 rings (SSSR count). The van der Waals surface area contributed by atoms with Gasteiger partial charge in [0.25, 0.3) is 5.91 Å². The highest BCUT2D eigenvalue weighted by Crippen LogP contribution is 2.60. The minimum Gasteiger partial charge on any atom is -0.497 e. The summed E-state index contributed by atoms with van der Waals surface area (Å²) in [5.41, 5.74) is 1.54. The van der Waals surface area contributed by atoms with Crippen LogP contribution in [0.2, 0.25) is 0 Å². The molecular formula is C28H34FN3O4. The SMILES string of the molecule is COc1ccc(C(=O)N2CCC3(CC2)CC3C(=O)N2CCN(Cc3cccc(F)c3)CC2)c(OC)c1. The molecule has 8 heteroatoms. The zero-order valence-corrected chi connectivity index (χ0v) is 21.0. The van der Waals surface area contributed by atoms with E-state index in [1.54, 1.807) is 44.6 Å². The second-order valence-electron chi connectivity index (χ2n) is 10.2. The summed E-state index contributed by atoms with van der Waals surface area (Å²) in [7, 11) is 3.14. The van der Waals surface area contributed by atoms with Gasteiger partial charge >= 0.3 is 0 Å². The summed E-state index contributed by atoms with van der Waals surface area (Å²) in [5.74, 6) is 1.24. The number of piperidine rings is 1. The van der Waals surface area contributed by atoms with Crippen molar-refractivity contribution in [3.05, 3.63) is 59.4 Å². The summed E-state index contributed by atoms with van der Waals surface area (Å²) >= 11 is 0. The molecule has 1 aliphatic carbocycles. The van der Waals surface area contributed by atoms with Crippen LogP contribution in [0.5, 0.6) is 11.5 Å². The third-order valence-electron chi connectivity index (χ3n) is 8.15. The zero-order chi connectivity index (χ0) is 25.3. The van der Waals surface area contributed by atoms with Crippen molar-refractivity contribution in [1.82, 2.24) is 14.7 Å². The van der Waals surface area contributed by atoms with Gasteiger partial charge in [-0.1, -0.05) is 12.1 Å². The molecule has 2 amide bonds. The van der Waals surface area contributed by atoms with Crippen molar-refractivity contribution >= 4 is 11.8 Å². The highest BCUT2D eigenvalue weighted by atomic mass is 19.1. The smallest absolute Gasteiger partial charge is 0.257 e. The molecule has 1 spiro atoms.